The highest BCUT2D eigenvalue weighted by molar-refractivity contribution is 7.99. The van der Waals surface area contributed by atoms with Crippen LogP contribution in [0, 0.1) is 5.92 Å². The molecule has 0 aliphatic carbocycles. The first kappa shape index (κ1) is 18.8. The molecule has 2 atom stereocenters. The molecule has 7 nitrogen and oxygen atoms in total. The molecule has 2 aliphatic rings. The summed E-state index contributed by atoms with van der Waals surface area (Å²) in [4.78, 5) is 26.3. The number of nitrogens with zero attached hydrogens (tertiary/aromatic N) is 1. The molecule has 26 heavy (non-hydrogen) atoms. The van der Waals surface area contributed by atoms with Gasteiger partial charge in [-0.2, -0.15) is 0 Å². The molecule has 2 amide bonds. The fraction of sp³-hybridized carbons (Fsp3) is 0.556. The Morgan fingerprint density at radius 1 is 1.38 bits per heavy atom. The minimum atomic E-state index is -0.168. The molecule has 1 aromatic carbocycles. The van der Waals surface area contributed by atoms with Gasteiger partial charge in [0.15, 0.2) is 6.61 Å². The van der Waals surface area contributed by atoms with Crippen LogP contribution in [-0.2, 0) is 9.59 Å². The molecule has 8 heteroatoms. The van der Waals surface area contributed by atoms with Crippen molar-refractivity contribution in [2.24, 2.45) is 5.92 Å². The van der Waals surface area contributed by atoms with Crippen LogP contribution in [0.4, 0.5) is 0 Å². The van der Waals surface area contributed by atoms with Crippen LogP contribution in [0.2, 0.25) is 0 Å². The number of carbonyl (C=O) groups is 2. The third-order valence-corrected chi connectivity index (χ3v) is 5.55. The van der Waals surface area contributed by atoms with E-state index >= 15 is 0 Å². The monoisotopic (exact) mass is 379 g/mol. The summed E-state index contributed by atoms with van der Waals surface area (Å²) in [5, 5.41) is 6.17. The molecule has 2 aliphatic heterocycles. The number of benzene rings is 1. The van der Waals surface area contributed by atoms with Gasteiger partial charge in [0.25, 0.3) is 5.91 Å². The maximum atomic E-state index is 12.4. The van der Waals surface area contributed by atoms with Crippen molar-refractivity contribution in [2.45, 2.75) is 12.5 Å². The molecular weight excluding hydrogens is 354 g/mol. The number of methoxy groups -OCH3 is 1. The van der Waals surface area contributed by atoms with Gasteiger partial charge in [-0.1, -0.05) is 6.07 Å². The molecule has 2 N–H and O–H groups in total. The van der Waals surface area contributed by atoms with E-state index in [4.69, 9.17) is 9.47 Å². The molecule has 2 saturated heterocycles. The maximum Gasteiger partial charge on any atom is 0.257 e. The molecule has 0 aromatic heterocycles. The Balaban J connectivity index is 1.36. The maximum absolute atomic E-state index is 12.4. The Morgan fingerprint density at radius 2 is 2.23 bits per heavy atom. The van der Waals surface area contributed by atoms with Gasteiger partial charge in [-0.15, -0.1) is 11.8 Å². The minimum absolute atomic E-state index is 0.0410. The first-order valence-electron chi connectivity index (χ1n) is 8.79. The summed E-state index contributed by atoms with van der Waals surface area (Å²) < 4.78 is 10.6. The summed E-state index contributed by atoms with van der Waals surface area (Å²) in [5.74, 6) is 3.37. The van der Waals surface area contributed by atoms with Crippen LogP contribution in [-0.4, -0.2) is 67.7 Å². The van der Waals surface area contributed by atoms with Gasteiger partial charge in [-0.3, -0.25) is 9.59 Å². The summed E-state index contributed by atoms with van der Waals surface area (Å²) in [6.07, 6.45) is 0.761. The van der Waals surface area contributed by atoms with Gasteiger partial charge < -0.3 is 25.0 Å². The second-order valence-corrected chi connectivity index (χ2v) is 7.55. The zero-order valence-corrected chi connectivity index (χ0v) is 15.7. The summed E-state index contributed by atoms with van der Waals surface area (Å²) in [6.45, 7) is 2.09. The van der Waals surface area contributed by atoms with Crippen LogP contribution in [0.1, 0.15) is 6.42 Å². The van der Waals surface area contributed by atoms with Gasteiger partial charge in [-0.05, 0) is 24.5 Å². The molecule has 0 saturated carbocycles. The van der Waals surface area contributed by atoms with Crippen molar-refractivity contribution in [3.05, 3.63) is 24.3 Å². The lowest BCUT2D eigenvalue weighted by Gasteiger charge is -2.19. The van der Waals surface area contributed by atoms with Crippen molar-refractivity contribution >= 4 is 23.6 Å². The zero-order chi connectivity index (χ0) is 18.4. The number of nitrogens with one attached hydrogen (secondary N) is 2. The van der Waals surface area contributed by atoms with E-state index in [1.54, 1.807) is 31.0 Å². The molecule has 2 heterocycles. The molecule has 1 unspecified atom stereocenters. The topological polar surface area (TPSA) is 79.9 Å². The highest BCUT2D eigenvalue weighted by Crippen LogP contribution is 2.20. The predicted molar refractivity (Wildman–Crippen MR) is 100 cm³/mol. The Hall–Kier alpha value is -1.93. The van der Waals surface area contributed by atoms with Crippen molar-refractivity contribution in [1.29, 1.82) is 0 Å². The molecule has 3 rings (SSSR count). The lowest BCUT2D eigenvalue weighted by atomic mass is 10.1. The van der Waals surface area contributed by atoms with Crippen LogP contribution >= 0.6 is 11.8 Å². The predicted octanol–water partition coefficient (Wildman–Crippen LogP) is 0.701. The van der Waals surface area contributed by atoms with Crippen LogP contribution in [0.15, 0.2) is 24.3 Å². The Kier molecular flexibility index (Phi) is 6.62. The van der Waals surface area contributed by atoms with Gasteiger partial charge in [0, 0.05) is 31.5 Å². The zero-order valence-electron chi connectivity index (χ0n) is 14.9. The first-order valence-corrected chi connectivity index (χ1v) is 9.94. The molecule has 142 valence electrons. The van der Waals surface area contributed by atoms with Crippen molar-refractivity contribution in [3.63, 3.8) is 0 Å². The second kappa shape index (κ2) is 9.14. The lowest BCUT2D eigenvalue weighted by Crippen LogP contribution is -2.42. The quantitative estimate of drug-likeness (QED) is 0.726. The van der Waals surface area contributed by atoms with E-state index in [-0.39, 0.29) is 30.4 Å². The lowest BCUT2D eigenvalue weighted by molar-refractivity contribution is -0.131. The number of hydrogen-bond donors (Lipinski definition) is 2. The second-order valence-electron chi connectivity index (χ2n) is 6.47. The third kappa shape index (κ3) is 5.04. The molecule has 0 spiro atoms. The van der Waals surface area contributed by atoms with Gasteiger partial charge >= 0.3 is 0 Å². The number of rotatable bonds is 7. The Morgan fingerprint density at radius 3 is 3.00 bits per heavy atom. The molecule has 0 bridgehead atoms. The standard InChI is InChI=1S/C18H25N3O4S/c1-24-14-3-2-4-15(8-14)25-11-17(22)20-10-13-7-16(19-9-13)18(23)21-5-6-26-12-21/h2-4,8,13,16,19H,5-7,9-12H2,1H3,(H,20,22)/t13?,16-/m0/s1. The van der Waals surface area contributed by atoms with Crippen LogP contribution in [0.25, 0.3) is 0 Å². The fourth-order valence-corrected chi connectivity index (χ4v) is 4.07. The fourth-order valence-electron chi connectivity index (χ4n) is 3.11. The number of ether oxygens (including phenoxy) is 2. The van der Waals surface area contributed by atoms with Crippen LogP contribution in [0.5, 0.6) is 11.5 Å². The highest BCUT2D eigenvalue weighted by atomic mass is 32.2. The smallest absolute Gasteiger partial charge is 0.257 e. The van der Waals surface area contributed by atoms with Gasteiger partial charge in [0.2, 0.25) is 5.91 Å². The Labute approximate surface area is 157 Å². The summed E-state index contributed by atoms with van der Waals surface area (Å²) in [5.41, 5.74) is 0. The normalized spacial score (nSPS) is 22.3. The molecule has 2 fully saturated rings. The first-order chi connectivity index (χ1) is 12.7. The van der Waals surface area contributed by atoms with E-state index in [1.807, 2.05) is 17.0 Å². The SMILES string of the molecule is COc1cccc(OCC(=O)NCC2CN[C@H](C(=O)N3CCSC3)C2)c1. The third-order valence-electron chi connectivity index (χ3n) is 4.58. The number of hydrogen-bond acceptors (Lipinski definition) is 6. The van der Waals surface area contributed by atoms with Gasteiger partial charge in [0.05, 0.1) is 19.0 Å². The van der Waals surface area contributed by atoms with E-state index in [0.29, 0.717) is 18.0 Å². The average molecular weight is 379 g/mol. The average Bonchev–Trinajstić information content (AvgIpc) is 3.36. The Bertz CT molecular complexity index is 637. The number of amides is 2. The van der Waals surface area contributed by atoms with Crippen molar-refractivity contribution in [1.82, 2.24) is 15.5 Å². The van der Waals surface area contributed by atoms with Crippen LogP contribution in [0.3, 0.4) is 0 Å². The van der Waals surface area contributed by atoms with E-state index in [9.17, 15) is 9.59 Å². The van der Waals surface area contributed by atoms with E-state index in [2.05, 4.69) is 10.6 Å². The van der Waals surface area contributed by atoms with E-state index in [1.165, 1.54) is 0 Å². The highest BCUT2D eigenvalue weighted by Gasteiger charge is 2.33. The van der Waals surface area contributed by atoms with Crippen molar-refractivity contribution in [2.75, 3.05) is 45.0 Å². The summed E-state index contributed by atoms with van der Waals surface area (Å²) >= 11 is 1.79. The van der Waals surface area contributed by atoms with Crippen molar-refractivity contribution < 1.29 is 19.1 Å². The van der Waals surface area contributed by atoms with Gasteiger partial charge in [-0.25, -0.2) is 0 Å². The van der Waals surface area contributed by atoms with Gasteiger partial charge in [0.1, 0.15) is 11.5 Å². The van der Waals surface area contributed by atoms with Crippen molar-refractivity contribution in [3.8, 4) is 11.5 Å². The van der Waals surface area contributed by atoms with E-state index in [0.717, 1.165) is 31.1 Å². The summed E-state index contributed by atoms with van der Waals surface area (Å²) in [6, 6.07) is 7.03. The molecule has 0 radical (unpaired) electrons. The largest absolute Gasteiger partial charge is 0.497 e. The number of carbonyl (C=O) groups excluding carboxylic acids is 2. The summed E-state index contributed by atoms with van der Waals surface area (Å²) in [7, 11) is 1.59. The van der Waals surface area contributed by atoms with Crippen LogP contribution < -0.4 is 20.1 Å². The molecular formula is C18H25N3O4S. The molecule has 1 aromatic rings. The number of thioether (sulfide) groups is 1. The minimum Gasteiger partial charge on any atom is -0.497 e. The van der Waals surface area contributed by atoms with E-state index < -0.39 is 0 Å².